The van der Waals surface area contributed by atoms with Gasteiger partial charge in [-0.3, -0.25) is 0 Å². The molecule has 4 heteroatoms. The molecule has 102 valence electrons. The fraction of sp³-hybridized carbons (Fsp3) is 0.571. The van der Waals surface area contributed by atoms with E-state index in [1.165, 1.54) is 5.56 Å². The minimum atomic E-state index is 0.161. The van der Waals surface area contributed by atoms with Crippen LogP contribution in [0.3, 0.4) is 0 Å². The summed E-state index contributed by atoms with van der Waals surface area (Å²) >= 11 is 3.42. The van der Waals surface area contributed by atoms with Crippen molar-refractivity contribution in [2.45, 2.75) is 25.3 Å². The highest BCUT2D eigenvalue weighted by atomic mass is 79.9. The Hall–Kier alpha value is -0.420. The second kappa shape index (κ2) is 9.50. The average Bonchev–Trinajstić information content (AvgIpc) is 2.36. The van der Waals surface area contributed by atoms with E-state index in [2.05, 4.69) is 28.1 Å². The van der Waals surface area contributed by atoms with Gasteiger partial charge in [0.15, 0.2) is 0 Å². The summed E-state index contributed by atoms with van der Waals surface area (Å²) in [4.78, 5) is 0. The van der Waals surface area contributed by atoms with Crippen molar-refractivity contribution in [3.8, 4) is 0 Å². The Bertz CT molecular complexity index is 316. The second-order valence-electron chi connectivity index (χ2n) is 4.34. The van der Waals surface area contributed by atoms with E-state index in [1.54, 1.807) is 7.11 Å². The summed E-state index contributed by atoms with van der Waals surface area (Å²) in [6.07, 6.45) is 2.73. The summed E-state index contributed by atoms with van der Waals surface area (Å²) < 4.78 is 11.5. The van der Waals surface area contributed by atoms with Gasteiger partial charge in [-0.1, -0.05) is 28.1 Å². The summed E-state index contributed by atoms with van der Waals surface area (Å²) in [5, 5.41) is 0. The average molecular weight is 316 g/mol. The number of rotatable bonds is 9. The number of methoxy groups -OCH3 is 1. The molecule has 0 spiro atoms. The third-order valence-electron chi connectivity index (χ3n) is 2.68. The monoisotopic (exact) mass is 315 g/mol. The maximum atomic E-state index is 6.07. The van der Waals surface area contributed by atoms with Crippen LogP contribution in [-0.4, -0.2) is 33.0 Å². The number of nitrogens with two attached hydrogens (primary N) is 1. The zero-order valence-corrected chi connectivity index (χ0v) is 12.5. The Kier molecular flexibility index (Phi) is 8.25. The quantitative estimate of drug-likeness (QED) is 0.713. The first-order chi connectivity index (χ1) is 8.72. The third kappa shape index (κ3) is 7.11. The Balaban J connectivity index is 2.10. The van der Waals surface area contributed by atoms with Crippen LogP contribution in [-0.2, 0) is 15.9 Å². The maximum absolute atomic E-state index is 6.07. The molecule has 1 rings (SSSR count). The molecule has 0 bridgehead atoms. The molecule has 3 nitrogen and oxygen atoms in total. The van der Waals surface area contributed by atoms with Crippen LogP contribution in [0.1, 0.15) is 18.4 Å². The van der Waals surface area contributed by atoms with E-state index in [0.717, 1.165) is 43.6 Å². The lowest BCUT2D eigenvalue weighted by Crippen LogP contribution is -2.24. The number of ether oxygens (including phenoxy) is 2. The molecule has 0 aliphatic heterocycles. The lowest BCUT2D eigenvalue weighted by atomic mass is 10.0. The van der Waals surface area contributed by atoms with E-state index in [0.29, 0.717) is 0 Å². The van der Waals surface area contributed by atoms with Gasteiger partial charge in [0.25, 0.3) is 0 Å². The van der Waals surface area contributed by atoms with Crippen LogP contribution in [0.2, 0.25) is 0 Å². The van der Waals surface area contributed by atoms with Crippen molar-refractivity contribution in [2.24, 2.45) is 5.73 Å². The van der Waals surface area contributed by atoms with Gasteiger partial charge in [0, 0.05) is 37.4 Å². The molecule has 0 aliphatic carbocycles. The van der Waals surface area contributed by atoms with Gasteiger partial charge < -0.3 is 15.2 Å². The number of hydrogen-bond acceptors (Lipinski definition) is 3. The van der Waals surface area contributed by atoms with Crippen LogP contribution in [0.4, 0.5) is 0 Å². The van der Waals surface area contributed by atoms with Crippen molar-refractivity contribution in [3.05, 3.63) is 34.3 Å². The van der Waals surface area contributed by atoms with Crippen LogP contribution in [0.15, 0.2) is 28.7 Å². The summed E-state index contributed by atoms with van der Waals surface area (Å²) in [6.45, 7) is 2.23. The number of hydrogen-bond donors (Lipinski definition) is 1. The Morgan fingerprint density at radius 1 is 1.17 bits per heavy atom. The predicted octanol–water partition coefficient (Wildman–Crippen LogP) is 2.76. The molecule has 0 saturated heterocycles. The zero-order valence-electron chi connectivity index (χ0n) is 10.9. The van der Waals surface area contributed by atoms with Crippen molar-refractivity contribution in [1.29, 1.82) is 0 Å². The number of halogens is 1. The van der Waals surface area contributed by atoms with Gasteiger partial charge in [-0.15, -0.1) is 0 Å². The van der Waals surface area contributed by atoms with E-state index in [4.69, 9.17) is 15.2 Å². The highest BCUT2D eigenvalue weighted by Gasteiger charge is 2.04. The molecular weight excluding hydrogens is 294 g/mol. The molecular formula is C14H22BrNO2. The van der Waals surface area contributed by atoms with E-state index < -0.39 is 0 Å². The summed E-state index contributed by atoms with van der Waals surface area (Å²) in [7, 11) is 1.70. The molecule has 0 fully saturated rings. The van der Waals surface area contributed by atoms with Crippen molar-refractivity contribution >= 4 is 15.9 Å². The van der Waals surface area contributed by atoms with Gasteiger partial charge in [0.05, 0.1) is 0 Å². The van der Waals surface area contributed by atoms with Crippen molar-refractivity contribution in [2.75, 3.05) is 26.9 Å². The fourth-order valence-corrected chi connectivity index (χ4v) is 1.93. The zero-order chi connectivity index (χ0) is 13.2. The van der Waals surface area contributed by atoms with Gasteiger partial charge in [0.1, 0.15) is 0 Å². The molecule has 0 aromatic heterocycles. The van der Waals surface area contributed by atoms with Crippen LogP contribution in [0, 0.1) is 0 Å². The molecule has 1 aromatic rings. The van der Waals surface area contributed by atoms with Crippen molar-refractivity contribution in [1.82, 2.24) is 0 Å². The lowest BCUT2D eigenvalue weighted by molar-refractivity contribution is 0.0984. The van der Waals surface area contributed by atoms with Gasteiger partial charge in [0.2, 0.25) is 0 Å². The highest BCUT2D eigenvalue weighted by molar-refractivity contribution is 9.10. The van der Waals surface area contributed by atoms with E-state index >= 15 is 0 Å². The molecule has 0 amide bonds. The third-order valence-corrected chi connectivity index (χ3v) is 3.21. The highest BCUT2D eigenvalue weighted by Crippen LogP contribution is 2.12. The van der Waals surface area contributed by atoms with Gasteiger partial charge in [-0.05, 0) is 37.0 Å². The molecule has 0 saturated carbocycles. The largest absolute Gasteiger partial charge is 0.385 e. The summed E-state index contributed by atoms with van der Waals surface area (Å²) in [5.41, 5.74) is 7.34. The Labute approximate surface area is 118 Å². The molecule has 18 heavy (non-hydrogen) atoms. The van der Waals surface area contributed by atoms with Gasteiger partial charge in [-0.2, -0.15) is 0 Å². The smallest absolute Gasteiger partial charge is 0.0487 e. The van der Waals surface area contributed by atoms with Crippen LogP contribution >= 0.6 is 15.9 Å². The van der Waals surface area contributed by atoms with Crippen molar-refractivity contribution in [3.63, 3.8) is 0 Å². The minimum absolute atomic E-state index is 0.161. The molecule has 2 N–H and O–H groups in total. The molecule has 1 unspecified atom stereocenters. The molecule has 0 radical (unpaired) electrons. The van der Waals surface area contributed by atoms with E-state index in [9.17, 15) is 0 Å². The van der Waals surface area contributed by atoms with Crippen LogP contribution in [0.25, 0.3) is 0 Å². The first kappa shape index (κ1) is 15.6. The standard InChI is InChI=1S/C14H22BrNO2/c1-17-8-2-9-18-10-7-14(16)11-12-3-5-13(15)6-4-12/h3-6,14H,2,7-11,16H2,1H3. The maximum Gasteiger partial charge on any atom is 0.0487 e. The normalized spacial score (nSPS) is 12.6. The topological polar surface area (TPSA) is 44.5 Å². The first-order valence-corrected chi connectivity index (χ1v) is 7.08. The van der Waals surface area contributed by atoms with Crippen LogP contribution < -0.4 is 5.73 Å². The van der Waals surface area contributed by atoms with E-state index in [-0.39, 0.29) is 6.04 Å². The van der Waals surface area contributed by atoms with Crippen molar-refractivity contribution < 1.29 is 9.47 Å². The minimum Gasteiger partial charge on any atom is -0.385 e. The Morgan fingerprint density at radius 3 is 2.56 bits per heavy atom. The van der Waals surface area contributed by atoms with Gasteiger partial charge in [-0.25, -0.2) is 0 Å². The first-order valence-electron chi connectivity index (χ1n) is 6.29. The molecule has 0 aliphatic rings. The summed E-state index contributed by atoms with van der Waals surface area (Å²) in [6, 6.07) is 8.45. The fourth-order valence-electron chi connectivity index (χ4n) is 1.67. The summed E-state index contributed by atoms with van der Waals surface area (Å²) in [5.74, 6) is 0. The predicted molar refractivity (Wildman–Crippen MR) is 77.8 cm³/mol. The second-order valence-corrected chi connectivity index (χ2v) is 5.25. The number of benzene rings is 1. The van der Waals surface area contributed by atoms with Gasteiger partial charge >= 0.3 is 0 Å². The molecule has 1 atom stereocenters. The SMILES string of the molecule is COCCCOCCC(N)Cc1ccc(Br)cc1. The lowest BCUT2D eigenvalue weighted by Gasteiger charge is -2.12. The molecule has 0 heterocycles. The van der Waals surface area contributed by atoms with E-state index in [1.807, 2.05) is 12.1 Å². The van der Waals surface area contributed by atoms with Crippen LogP contribution in [0.5, 0.6) is 0 Å². The molecule has 1 aromatic carbocycles. The Morgan fingerprint density at radius 2 is 1.89 bits per heavy atom.